The number of piperidine rings is 1. The average molecular weight is 542 g/mol. The summed E-state index contributed by atoms with van der Waals surface area (Å²) in [5, 5.41) is 10.3. The lowest BCUT2D eigenvalue weighted by atomic mass is 9.47. The van der Waals surface area contributed by atoms with E-state index in [0.717, 1.165) is 69.4 Å². The molecule has 3 saturated carbocycles. The molecule has 0 spiro atoms. The summed E-state index contributed by atoms with van der Waals surface area (Å²) in [4.78, 5) is 31.0. The van der Waals surface area contributed by atoms with Crippen LogP contribution < -0.4 is 0 Å². The molecule has 0 aromatic carbocycles. The minimum absolute atomic E-state index is 0.0741. The monoisotopic (exact) mass is 541 g/mol. The standard InChI is InChI=1S/C33H55N3O3/c1-22(7-12-30(38)35(6)24-15-19-36(20-16-24)31(39)34(4)5)27-10-11-28-26-9-8-23-21-25(37)13-17-32(23,2)29(26)14-18-33(27,28)3/h8,22,24-29,37H,7,9-21H2,1-6H3/t22?,25-,26-,27+,28-,29-,32-,33+/m0/s1. The van der Waals surface area contributed by atoms with Crippen molar-refractivity contribution in [3.05, 3.63) is 11.6 Å². The summed E-state index contributed by atoms with van der Waals surface area (Å²) in [6.45, 7) is 9.01. The number of carbonyl (C=O) groups excluding carboxylic acids is 2. The maximum atomic E-state index is 13.2. The number of aliphatic hydroxyl groups is 1. The summed E-state index contributed by atoms with van der Waals surface area (Å²) in [7, 11) is 5.58. The summed E-state index contributed by atoms with van der Waals surface area (Å²) in [6, 6.07) is 0.319. The molecular weight excluding hydrogens is 486 g/mol. The van der Waals surface area contributed by atoms with E-state index >= 15 is 0 Å². The van der Waals surface area contributed by atoms with Crippen molar-refractivity contribution in [1.29, 1.82) is 0 Å². The van der Waals surface area contributed by atoms with Gasteiger partial charge in [-0.05, 0) is 111 Å². The van der Waals surface area contributed by atoms with Crippen LogP contribution in [0, 0.1) is 40.4 Å². The van der Waals surface area contributed by atoms with Gasteiger partial charge in [0, 0.05) is 46.7 Å². The van der Waals surface area contributed by atoms with Gasteiger partial charge in [0.1, 0.15) is 0 Å². The number of rotatable bonds is 5. The molecular formula is C33H55N3O3. The number of urea groups is 1. The normalized spacial score (nSPS) is 39.2. The minimum atomic E-state index is -0.131. The van der Waals surface area contributed by atoms with Gasteiger partial charge in [0.05, 0.1) is 6.10 Å². The molecule has 0 aromatic heterocycles. The van der Waals surface area contributed by atoms with Gasteiger partial charge in [-0.1, -0.05) is 32.4 Å². The first-order chi connectivity index (χ1) is 18.5. The minimum Gasteiger partial charge on any atom is -0.393 e. The van der Waals surface area contributed by atoms with E-state index in [-0.39, 0.29) is 24.1 Å². The third-order valence-corrected chi connectivity index (χ3v) is 12.7. The molecule has 4 aliphatic carbocycles. The van der Waals surface area contributed by atoms with E-state index in [4.69, 9.17) is 0 Å². The van der Waals surface area contributed by atoms with Gasteiger partial charge in [-0.15, -0.1) is 0 Å². The van der Waals surface area contributed by atoms with Crippen LogP contribution in [-0.2, 0) is 4.79 Å². The van der Waals surface area contributed by atoms with Crippen molar-refractivity contribution >= 4 is 11.9 Å². The predicted octanol–water partition coefficient (Wildman–Crippen LogP) is 5.95. The molecule has 1 heterocycles. The topological polar surface area (TPSA) is 64.1 Å². The molecule has 3 amide bonds. The quantitative estimate of drug-likeness (QED) is 0.438. The third-order valence-electron chi connectivity index (χ3n) is 12.7. The predicted molar refractivity (Wildman–Crippen MR) is 156 cm³/mol. The molecule has 6 nitrogen and oxygen atoms in total. The largest absolute Gasteiger partial charge is 0.393 e. The van der Waals surface area contributed by atoms with Crippen LogP contribution in [0.3, 0.4) is 0 Å². The number of allylic oxidation sites excluding steroid dienone is 1. The Balaban J connectivity index is 1.15. The van der Waals surface area contributed by atoms with E-state index in [1.807, 2.05) is 16.8 Å². The van der Waals surface area contributed by atoms with E-state index in [1.165, 1.54) is 32.1 Å². The first-order valence-electron chi connectivity index (χ1n) is 16.0. The molecule has 1 aliphatic heterocycles. The summed E-state index contributed by atoms with van der Waals surface area (Å²) >= 11 is 0. The van der Waals surface area contributed by atoms with Crippen LogP contribution in [0.25, 0.3) is 0 Å². The van der Waals surface area contributed by atoms with Crippen molar-refractivity contribution in [2.24, 2.45) is 40.4 Å². The highest BCUT2D eigenvalue weighted by molar-refractivity contribution is 5.76. The van der Waals surface area contributed by atoms with E-state index in [9.17, 15) is 14.7 Å². The molecule has 5 rings (SSSR count). The SMILES string of the molecule is CC(CCC(=O)N(C)C1CCN(C(=O)N(C)C)CC1)[C@H]1CC[C@H]2[C@@H]3CC=C4C[C@@H](O)CC[C@]4(C)[C@H]3CC[C@]12C. The lowest BCUT2D eigenvalue weighted by molar-refractivity contribution is -0.133. The Hall–Kier alpha value is -1.56. The van der Waals surface area contributed by atoms with Gasteiger partial charge in [0.2, 0.25) is 5.91 Å². The van der Waals surface area contributed by atoms with Crippen LogP contribution in [-0.4, -0.2) is 78.1 Å². The second kappa shape index (κ2) is 11.0. The first kappa shape index (κ1) is 29.0. The zero-order valence-corrected chi connectivity index (χ0v) is 25.6. The van der Waals surface area contributed by atoms with E-state index in [2.05, 4.69) is 26.8 Å². The Morgan fingerprint density at radius 3 is 2.44 bits per heavy atom. The number of carbonyl (C=O) groups is 2. The Morgan fingerprint density at radius 1 is 1.03 bits per heavy atom. The zero-order chi connectivity index (χ0) is 28.1. The summed E-state index contributed by atoms with van der Waals surface area (Å²) in [5.41, 5.74) is 2.27. The van der Waals surface area contributed by atoms with Gasteiger partial charge >= 0.3 is 6.03 Å². The van der Waals surface area contributed by atoms with Crippen LogP contribution in [0.5, 0.6) is 0 Å². The lowest BCUT2D eigenvalue weighted by Gasteiger charge is -2.58. The molecule has 1 saturated heterocycles. The molecule has 6 heteroatoms. The summed E-state index contributed by atoms with van der Waals surface area (Å²) in [6.07, 6.45) is 15.4. The number of hydrogen-bond donors (Lipinski definition) is 1. The van der Waals surface area contributed by atoms with Gasteiger partial charge < -0.3 is 19.8 Å². The highest BCUT2D eigenvalue weighted by Crippen LogP contribution is 2.67. The van der Waals surface area contributed by atoms with Crippen molar-refractivity contribution in [1.82, 2.24) is 14.7 Å². The number of fused-ring (bicyclic) bond motifs is 5. The molecule has 4 fully saturated rings. The fraction of sp³-hybridized carbons (Fsp3) is 0.879. The number of nitrogens with zero attached hydrogens (tertiary/aromatic N) is 3. The number of likely N-dealkylation sites (tertiary alicyclic amines) is 1. The molecule has 1 N–H and O–H groups in total. The van der Waals surface area contributed by atoms with Gasteiger partial charge in [-0.2, -0.15) is 0 Å². The van der Waals surface area contributed by atoms with Gasteiger partial charge in [-0.25, -0.2) is 4.79 Å². The summed E-state index contributed by atoms with van der Waals surface area (Å²) in [5.74, 6) is 3.95. The number of aliphatic hydroxyl groups excluding tert-OH is 1. The Labute approximate surface area is 237 Å². The zero-order valence-electron chi connectivity index (χ0n) is 25.6. The van der Waals surface area contributed by atoms with Crippen molar-refractivity contribution in [3.63, 3.8) is 0 Å². The molecule has 1 unspecified atom stereocenters. The second-order valence-corrected chi connectivity index (χ2v) is 14.8. The van der Waals surface area contributed by atoms with E-state index in [0.29, 0.717) is 29.1 Å². The highest BCUT2D eigenvalue weighted by Gasteiger charge is 2.59. The van der Waals surface area contributed by atoms with Gasteiger partial charge in [0.25, 0.3) is 0 Å². The molecule has 0 aromatic rings. The Morgan fingerprint density at radius 2 is 1.74 bits per heavy atom. The maximum absolute atomic E-state index is 13.2. The second-order valence-electron chi connectivity index (χ2n) is 14.8. The van der Waals surface area contributed by atoms with Crippen molar-refractivity contribution < 1.29 is 14.7 Å². The first-order valence-corrected chi connectivity index (χ1v) is 16.0. The number of hydrogen-bond acceptors (Lipinski definition) is 3. The molecule has 0 radical (unpaired) electrons. The van der Waals surface area contributed by atoms with Gasteiger partial charge in [-0.3, -0.25) is 4.79 Å². The maximum Gasteiger partial charge on any atom is 0.319 e. The van der Waals surface area contributed by atoms with Crippen LogP contribution in [0.1, 0.15) is 97.8 Å². The molecule has 39 heavy (non-hydrogen) atoms. The van der Waals surface area contributed by atoms with E-state index < -0.39 is 0 Å². The van der Waals surface area contributed by atoms with Crippen LogP contribution in [0.15, 0.2) is 11.6 Å². The third kappa shape index (κ3) is 5.17. The van der Waals surface area contributed by atoms with Crippen molar-refractivity contribution in [2.45, 2.75) is 110 Å². The van der Waals surface area contributed by atoms with Crippen LogP contribution >= 0.6 is 0 Å². The fourth-order valence-electron chi connectivity index (χ4n) is 10.3. The fourth-order valence-corrected chi connectivity index (χ4v) is 10.3. The van der Waals surface area contributed by atoms with Crippen LogP contribution in [0.4, 0.5) is 4.79 Å². The average Bonchev–Trinajstić information content (AvgIpc) is 3.28. The van der Waals surface area contributed by atoms with Crippen molar-refractivity contribution in [3.8, 4) is 0 Å². The lowest BCUT2D eigenvalue weighted by Crippen LogP contribution is -2.51. The molecule has 8 atom stereocenters. The Bertz CT molecular complexity index is 956. The number of amides is 3. The summed E-state index contributed by atoms with van der Waals surface area (Å²) < 4.78 is 0. The molecule has 0 bridgehead atoms. The van der Waals surface area contributed by atoms with Crippen LogP contribution in [0.2, 0.25) is 0 Å². The van der Waals surface area contributed by atoms with E-state index in [1.54, 1.807) is 24.6 Å². The molecule has 220 valence electrons. The molecule has 5 aliphatic rings. The smallest absolute Gasteiger partial charge is 0.319 e. The van der Waals surface area contributed by atoms with Crippen molar-refractivity contribution in [2.75, 3.05) is 34.2 Å². The highest BCUT2D eigenvalue weighted by atomic mass is 16.3. The van der Waals surface area contributed by atoms with Gasteiger partial charge in [0.15, 0.2) is 0 Å². The Kier molecular flexibility index (Phi) is 8.18.